The maximum atomic E-state index is 11.0. The Morgan fingerprint density at radius 1 is 1.53 bits per heavy atom. The molecule has 0 bridgehead atoms. The van der Waals surface area contributed by atoms with Crippen LogP contribution in [0.2, 0.25) is 0 Å². The number of hydrogen-bond acceptors (Lipinski definition) is 2. The van der Waals surface area contributed by atoms with Crippen LogP contribution in [0.5, 0.6) is 0 Å². The fourth-order valence-corrected chi connectivity index (χ4v) is 1.63. The molecular weight excluding hydrogens is 258 g/mol. The van der Waals surface area contributed by atoms with E-state index in [2.05, 4.69) is 21.2 Å². The van der Waals surface area contributed by atoms with Crippen molar-refractivity contribution in [3.63, 3.8) is 0 Å². The van der Waals surface area contributed by atoms with Crippen LogP contribution in [0, 0.1) is 0 Å². The van der Waals surface area contributed by atoms with Crippen molar-refractivity contribution in [2.75, 3.05) is 13.2 Å². The minimum absolute atomic E-state index is 0.354. The lowest BCUT2D eigenvalue weighted by Crippen LogP contribution is -2.26. The number of ether oxygens (including phenoxy) is 1. The summed E-state index contributed by atoms with van der Waals surface area (Å²) in [6.45, 7) is 2.78. The minimum atomic E-state index is -0.354. The molecule has 0 spiro atoms. The van der Waals surface area contributed by atoms with Crippen molar-refractivity contribution in [2.24, 2.45) is 0 Å². The standard InChI is InChI=1S/C11H14BrNO2/c1-2-15-11(14)13-7-6-9-4-3-5-10(12)8-9/h3-5,8H,2,6-7H2,1H3,(H,13,14). The van der Waals surface area contributed by atoms with Gasteiger partial charge in [0, 0.05) is 11.0 Å². The summed E-state index contributed by atoms with van der Waals surface area (Å²) < 4.78 is 5.80. The third kappa shape index (κ3) is 4.83. The Bertz CT molecular complexity index is 328. The molecule has 15 heavy (non-hydrogen) atoms. The van der Waals surface area contributed by atoms with E-state index in [1.54, 1.807) is 6.92 Å². The Labute approximate surface area is 97.9 Å². The number of carbonyl (C=O) groups excluding carboxylic acids is 1. The average Bonchev–Trinajstić information content (AvgIpc) is 2.18. The molecule has 3 nitrogen and oxygen atoms in total. The van der Waals surface area contributed by atoms with Crippen molar-refractivity contribution in [1.82, 2.24) is 5.32 Å². The first-order chi connectivity index (χ1) is 7.22. The Hall–Kier alpha value is -1.03. The van der Waals surface area contributed by atoms with Gasteiger partial charge in [0.25, 0.3) is 0 Å². The second kappa shape index (κ2) is 6.45. The summed E-state index contributed by atoms with van der Waals surface area (Å²) in [4.78, 5) is 11.0. The maximum absolute atomic E-state index is 11.0. The van der Waals surface area contributed by atoms with Crippen molar-refractivity contribution < 1.29 is 9.53 Å². The van der Waals surface area contributed by atoms with Crippen LogP contribution in [-0.2, 0) is 11.2 Å². The van der Waals surface area contributed by atoms with Gasteiger partial charge in [-0.3, -0.25) is 0 Å². The molecule has 0 aromatic heterocycles. The largest absolute Gasteiger partial charge is 0.450 e. The van der Waals surface area contributed by atoms with Crippen LogP contribution in [0.3, 0.4) is 0 Å². The number of hydrogen-bond donors (Lipinski definition) is 1. The van der Waals surface area contributed by atoms with Gasteiger partial charge in [-0.15, -0.1) is 0 Å². The molecule has 0 aliphatic heterocycles. The highest BCUT2D eigenvalue weighted by atomic mass is 79.9. The molecule has 0 fully saturated rings. The first-order valence-corrected chi connectivity index (χ1v) is 5.66. The normalized spacial score (nSPS) is 9.73. The Morgan fingerprint density at radius 2 is 2.33 bits per heavy atom. The van der Waals surface area contributed by atoms with Crippen LogP contribution in [0.1, 0.15) is 12.5 Å². The fraction of sp³-hybridized carbons (Fsp3) is 0.364. The van der Waals surface area contributed by atoms with Gasteiger partial charge in [0.2, 0.25) is 0 Å². The summed E-state index contributed by atoms with van der Waals surface area (Å²) in [5, 5.41) is 2.68. The van der Waals surface area contributed by atoms with Crippen LogP contribution in [0.25, 0.3) is 0 Å². The molecule has 1 aromatic carbocycles. The Balaban J connectivity index is 2.28. The van der Waals surface area contributed by atoms with Crippen molar-refractivity contribution in [3.8, 4) is 0 Å². The topological polar surface area (TPSA) is 38.3 Å². The number of halogens is 1. The van der Waals surface area contributed by atoms with Crippen LogP contribution in [-0.4, -0.2) is 19.2 Å². The van der Waals surface area contributed by atoms with E-state index in [-0.39, 0.29) is 6.09 Å². The summed E-state index contributed by atoms with van der Waals surface area (Å²) in [6.07, 6.45) is 0.450. The Kier molecular flexibility index (Phi) is 5.18. The van der Waals surface area contributed by atoms with Crippen molar-refractivity contribution in [1.29, 1.82) is 0 Å². The molecule has 0 saturated carbocycles. The summed E-state index contributed by atoms with van der Waals surface area (Å²) in [7, 11) is 0. The number of benzene rings is 1. The molecule has 1 aromatic rings. The fourth-order valence-electron chi connectivity index (χ4n) is 1.18. The third-order valence-electron chi connectivity index (χ3n) is 1.85. The van der Waals surface area contributed by atoms with Gasteiger partial charge in [0.1, 0.15) is 0 Å². The summed E-state index contributed by atoms with van der Waals surface area (Å²) >= 11 is 3.40. The molecule has 1 N–H and O–H groups in total. The second-order valence-corrected chi connectivity index (χ2v) is 3.94. The van der Waals surface area contributed by atoms with Gasteiger partial charge >= 0.3 is 6.09 Å². The quantitative estimate of drug-likeness (QED) is 0.915. The van der Waals surface area contributed by atoms with E-state index < -0.39 is 0 Å². The molecule has 0 aliphatic rings. The van der Waals surface area contributed by atoms with Gasteiger partial charge in [-0.2, -0.15) is 0 Å². The zero-order valence-electron chi connectivity index (χ0n) is 8.63. The zero-order valence-corrected chi connectivity index (χ0v) is 10.2. The lowest BCUT2D eigenvalue weighted by Gasteiger charge is -2.05. The number of carbonyl (C=O) groups is 1. The molecule has 4 heteroatoms. The lowest BCUT2D eigenvalue weighted by molar-refractivity contribution is 0.152. The second-order valence-electron chi connectivity index (χ2n) is 3.03. The molecule has 0 heterocycles. The summed E-state index contributed by atoms with van der Waals surface area (Å²) in [5.74, 6) is 0. The summed E-state index contributed by atoms with van der Waals surface area (Å²) in [6, 6.07) is 8.01. The van der Waals surface area contributed by atoms with Gasteiger partial charge in [-0.1, -0.05) is 28.1 Å². The van der Waals surface area contributed by atoms with E-state index in [0.717, 1.165) is 10.9 Å². The molecule has 0 atom stereocenters. The summed E-state index contributed by atoms with van der Waals surface area (Å²) in [5.41, 5.74) is 1.18. The highest BCUT2D eigenvalue weighted by Crippen LogP contribution is 2.11. The lowest BCUT2D eigenvalue weighted by atomic mass is 10.1. The first kappa shape index (κ1) is 12.0. The number of alkyl carbamates (subject to hydrolysis) is 1. The van der Waals surface area contributed by atoms with Crippen molar-refractivity contribution >= 4 is 22.0 Å². The molecule has 1 amide bonds. The van der Waals surface area contributed by atoms with E-state index in [0.29, 0.717) is 13.2 Å². The number of nitrogens with one attached hydrogen (secondary N) is 1. The Morgan fingerprint density at radius 3 is 3.00 bits per heavy atom. The molecule has 1 rings (SSSR count). The third-order valence-corrected chi connectivity index (χ3v) is 2.34. The molecular formula is C11H14BrNO2. The van der Waals surface area contributed by atoms with Crippen LogP contribution < -0.4 is 5.32 Å². The highest BCUT2D eigenvalue weighted by Gasteiger charge is 1.99. The van der Waals surface area contributed by atoms with E-state index in [1.165, 1.54) is 5.56 Å². The van der Waals surface area contributed by atoms with Crippen molar-refractivity contribution in [2.45, 2.75) is 13.3 Å². The zero-order chi connectivity index (χ0) is 11.1. The molecule has 82 valence electrons. The van der Waals surface area contributed by atoms with Crippen LogP contribution in [0.4, 0.5) is 4.79 Å². The van der Waals surface area contributed by atoms with E-state index in [9.17, 15) is 4.79 Å². The van der Waals surface area contributed by atoms with Gasteiger partial charge < -0.3 is 10.1 Å². The number of amides is 1. The van der Waals surface area contributed by atoms with Gasteiger partial charge in [0.05, 0.1) is 6.61 Å². The predicted octanol–water partition coefficient (Wildman–Crippen LogP) is 2.74. The highest BCUT2D eigenvalue weighted by molar-refractivity contribution is 9.10. The van der Waals surface area contributed by atoms with Crippen molar-refractivity contribution in [3.05, 3.63) is 34.3 Å². The monoisotopic (exact) mass is 271 g/mol. The van der Waals surface area contributed by atoms with Crippen LogP contribution in [0.15, 0.2) is 28.7 Å². The molecule has 0 aliphatic carbocycles. The van der Waals surface area contributed by atoms with Gasteiger partial charge in [-0.05, 0) is 31.0 Å². The predicted molar refractivity (Wildman–Crippen MR) is 62.9 cm³/mol. The molecule has 0 saturated heterocycles. The SMILES string of the molecule is CCOC(=O)NCCc1cccc(Br)c1. The first-order valence-electron chi connectivity index (χ1n) is 4.87. The van der Waals surface area contributed by atoms with Crippen LogP contribution >= 0.6 is 15.9 Å². The minimum Gasteiger partial charge on any atom is -0.450 e. The van der Waals surface area contributed by atoms with Gasteiger partial charge in [0.15, 0.2) is 0 Å². The smallest absolute Gasteiger partial charge is 0.407 e. The maximum Gasteiger partial charge on any atom is 0.407 e. The molecule has 0 unspecified atom stereocenters. The average molecular weight is 272 g/mol. The number of rotatable bonds is 4. The molecule has 0 radical (unpaired) electrons. The van der Waals surface area contributed by atoms with E-state index >= 15 is 0 Å². The van der Waals surface area contributed by atoms with Gasteiger partial charge in [-0.25, -0.2) is 4.79 Å². The van der Waals surface area contributed by atoms with E-state index in [4.69, 9.17) is 4.74 Å². The van der Waals surface area contributed by atoms with E-state index in [1.807, 2.05) is 24.3 Å².